The van der Waals surface area contributed by atoms with Crippen LogP contribution in [0.1, 0.15) is 48.8 Å². The van der Waals surface area contributed by atoms with E-state index in [1.807, 2.05) is 17.9 Å². The van der Waals surface area contributed by atoms with Crippen molar-refractivity contribution in [3.8, 4) is 0 Å². The number of hydrogen-bond donors (Lipinski definition) is 0. The molecule has 0 aliphatic carbocycles. The molecule has 1 amide bonds. The number of carbonyl (C=O) groups is 2. The Balaban J connectivity index is 1.63. The quantitative estimate of drug-likeness (QED) is 0.525. The highest BCUT2D eigenvalue weighted by molar-refractivity contribution is 5.87. The Hall–Kier alpha value is -3.08. The monoisotopic (exact) mass is 432 g/mol. The predicted octanol–water partition coefficient (Wildman–Crippen LogP) is 4.81. The fourth-order valence-corrected chi connectivity index (χ4v) is 4.82. The van der Waals surface area contributed by atoms with Crippen molar-refractivity contribution in [2.75, 3.05) is 19.7 Å². The summed E-state index contributed by atoms with van der Waals surface area (Å²) in [5.74, 6) is -0.355. The third-order valence-corrected chi connectivity index (χ3v) is 6.56. The molecule has 4 rings (SSSR count). The van der Waals surface area contributed by atoms with Crippen molar-refractivity contribution in [3.05, 3.63) is 71.4 Å². The van der Waals surface area contributed by atoms with Gasteiger partial charge < -0.3 is 14.2 Å². The van der Waals surface area contributed by atoms with Crippen LogP contribution in [-0.2, 0) is 21.4 Å². The van der Waals surface area contributed by atoms with Crippen LogP contribution >= 0.6 is 0 Å². The first-order valence-corrected chi connectivity index (χ1v) is 11.5. The largest absolute Gasteiger partial charge is 0.466 e. The molecule has 32 heavy (non-hydrogen) atoms. The molecular weight excluding hydrogens is 400 g/mol. The molecule has 0 spiro atoms. The van der Waals surface area contributed by atoms with Crippen LogP contribution in [0.4, 0.5) is 0 Å². The number of fused-ring (bicyclic) bond motifs is 1. The van der Waals surface area contributed by atoms with E-state index in [9.17, 15) is 9.59 Å². The number of amides is 1. The minimum Gasteiger partial charge on any atom is -0.466 e. The van der Waals surface area contributed by atoms with E-state index in [-0.39, 0.29) is 23.7 Å². The Bertz CT molecular complexity index is 1100. The molecule has 168 valence electrons. The molecule has 1 saturated heterocycles. The van der Waals surface area contributed by atoms with Gasteiger partial charge in [-0.2, -0.15) is 0 Å². The molecule has 5 nitrogen and oxygen atoms in total. The van der Waals surface area contributed by atoms with Crippen molar-refractivity contribution in [2.45, 2.75) is 39.0 Å². The fraction of sp³-hybridized carbons (Fsp3) is 0.407. The van der Waals surface area contributed by atoms with Gasteiger partial charge in [0.05, 0.1) is 12.5 Å². The van der Waals surface area contributed by atoms with Gasteiger partial charge in [-0.1, -0.05) is 48.0 Å². The second kappa shape index (κ2) is 9.60. The summed E-state index contributed by atoms with van der Waals surface area (Å²) in [6.07, 6.45) is 4.15. The van der Waals surface area contributed by atoms with Gasteiger partial charge in [0.15, 0.2) is 0 Å². The number of esters is 1. The molecule has 2 unspecified atom stereocenters. The molecule has 2 atom stereocenters. The predicted molar refractivity (Wildman–Crippen MR) is 126 cm³/mol. The van der Waals surface area contributed by atoms with Gasteiger partial charge in [-0.3, -0.25) is 9.59 Å². The zero-order chi connectivity index (χ0) is 22.7. The third-order valence-electron chi connectivity index (χ3n) is 6.56. The van der Waals surface area contributed by atoms with E-state index < -0.39 is 0 Å². The van der Waals surface area contributed by atoms with Crippen molar-refractivity contribution in [1.82, 2.24) is 9.47 Å². The molecule has 0 bridgehead atoms. The molecule has 1 fully saturated rings. The van der Waals surface area contributed by atoms with Crippen LogP contribution in [0.15, 0.2) is 54.7 Å². The molecule has 1 aromatic heterocycles. The molecule has 3 aromatic rings. The average molecular weight is 433 g/mol. The minimum absolute atomic E-state index is 0.0443. The van der Waals surface area contributed by atoms with E-state index in [4.69, 9.17) is 4.74 Å². The maximum Gasteiger partial charge on any atom is 0.310 e. The summed E-state index contributed by atoms with van der Waals surface area (Å²) < 4.78 is 7.34. The number of nitrogens with zero attached hydrogens (tertiary/aromatic N) is 2. The Kier molecular flexibility index (Phi) is 6.63. The van der Waals surface area contributed by atoms with Gasteiger partial charge in [0.1, 0.15) is 0 Å². The number of piperidine rings is 1. The van der Waals surface area contributed by atoms with Crippen LogP contribution in [0.2, 0.25) is 0 Å². The highest BCUT2D eigenvalue weighted by Crippen LogP contribution is 2.35. The molecule has 5 heteroatoms. The lowest BCUT2D eigenvalue weighted by atomic mass is 9.87. The minimum atomic E-state index is -0.219. The van der Waals surface area contributed by atoms with Crippen molar-refractivity contribution in [2.24, 2.45) is 13.0 Å². The van der Waals surface area contributed by atoms with Crippen molar-refractivity contribution < 1.29 is 14.3 Å². The topological polar surface area (TPSA) is 51.5 Å². The second-order valence-corrected chi connectivity index (χ2v) is 8.81. The first-order chi connectivity index (χ1) is 15.5. The summed E-state index contributed by atoms with van der Waals surface area (Å²) in [6.45, 7) is 5.42. The Morgan fingerprint density at radius 2 is 1.88 bits per heavy atom. The van der Waals surface area contributed by atoms with E-state index in [1.165, 1.54) is 16.5 Å². The van der Waals surface area contributed by atoms with E-state index in [0.29, 0.717) is 26.1 Å². The first kappa shape index (κ1) is 22.1. The molecule has 0 saturated carbocycles. The van der Waals surface area contributed by atoms with E-state index in [2.05, 4.69) is 67.2 Å². The zero-order valence-electron chi connectivity index (χ0n) is 19.2. The highest BCUT2D eigenvalue weighted by atomic mass is 16.5. The van der Waals surface area contributed by atoms with Crippen molar-refractivity contribution in [1.29, 1.82) is 0 Å². The van der Waals surface area contributed by atoms with Gasteiger partial charge in [0.25, 0.3) is 0 Å². The molecule has 1 aliphatic rings. The molecular formula is C27H32N2O3. The smallest absolute Gasteiger partial charge is 0.310 e. The Labute approximate surface area is 190 Å². The third kappa shape index (κ3) is 4.57. The lowest BCUT2D eigenvalue weighted by Gasteiger charge is -2.32. The summed E-state index contributed by atoms with van der Waals surface area (Å²) in [5, 5.41) is 1.18. The van der Waals surface area contributed by atoms with E-state index in [0.717, 1.165) is 23.9 Å². The fourth-order valence-electron chi connectivity index (χ4n) is 4.82. The normalized spacial score (nSPS) is 17.3. The van der Waals surface area contributed by atoms with E-state index in [1.54, 1.807) is 0 Å². The number of hydrogen-bond acceptors (Lipinski definition) is 3. The first-order valence-electron chi connectivity index (χ1n) is 11.5. The van der Waals surface area contributed by atoms with Gasteiger partial charge in [-0.25, -0.2) is 0 Å². The number of likely N-dealkylation sites (tertiary alicyclic amines) is 1. The SMILES string of the molecule is CCOC(=O)C1CCCN(C(=O)CC(c2ccc(C)cc2)c2cn(C)c3ccccc23)C1. The summed E-state index contributed by atoms with van der Waals surface area (Å²) in [4.78, 5) is 27.6. The molecule has 0 N–H and O–H groups in total. The summed E-state index contributed by atoms with van der Waals surface area (Å²) in [5.41, 5.74) is 4.66. The van der Waals surface area contributed by atoms with Gasteiger partial charge in [-0.15, -0.1) is 0 Å². The standard InChI is InChI=1S/C27H32N2O3/c1-4-32-27(31)21-8-7-15-29(17-21)26(30)16-23(20-13-11-19(2)12-14-20)24-18-28(3)25-10-6-5-9-22(24)25/h5-6,9-14,18,21,23H,4,7-8,15-17H2,1-3H3. The van der Waals surface area contributed by atoms with Crippen LogP contribution < -0.4 is 0 Å². The molecule has 0 radical (unpaired) electrons. The average Bonchev–Trinajstić information content (AvgIpc) is 3.15. The van der Waals surface area contributed by atoms with Crippen LogP contribution in [0.3, 0.4) is 0 Å². The number of rotatable bonds is 6. The highest BCUT2D eigenvalue weighted by Gasteiger charge is 2.31. The van der Waals surface area contributed by atoms with Crippen LogP contribution in [0.5, 0.6) is 0 Å². The zero-order valence-corrected chi connectivity index (χ0v) is 19.2. The van der Waals surface area contributed by atoms with Crippen molar-refractivity contribution >= 4 is 22.8 Å². The maximum atomic E-state index is 13.5. The summed E-state index contributed by atoms with van der Waals surface area (Å²) >= 11 is 0. The summed E-state index contributed by atoms with van der Waals surface area (Å²) in [7, 11) is 2.05. The number of para-hydroxylation sites is 1. The van der Waals surface area contributed by atoms with Gasteiger partial charge in [0.2, 0.25) is 5.91 Å². The Morgan fingerprint density at radius 1 is 1.12 bits per heavy atom. The molecule has 2 heterocycles. The molecule has 2 aromatic carbocycles. The summed E-state index contributed by atoms with van der Waals surface area (Å²) in [6, 6.07) is 16.8. The van der Waals surface area contributed by atoms with Crippen LogP contribution in [0, 0.1) is 12.8 Å². The van der Waals surface area contributed by atoms with Gasteiger partial charge in [-0.05, 0) is 43.9 Å². The number of benzene rings is 2. The van der Waals surface area contributed by atoms with Crippen molar-refractivity contribution in [3.63, 3.8) is 0 Å². The van der Waals surface area contributed by atoms with E-state index >= 15 is 0 Å². The Morgan fingerprint density at radius 3 is 2.62 bits per heavy atom. The van der Waals surface area contributed by atoms with Crippen LogP contribution in [0.25, 0.3) is 10.9 Å². The second-order valence-electron chi connectivity index (χ2n) is 8.81. The number of ether oxygens (including phenoxy) is 1. The number of aryl methyl sites for hydroxylation is 2. The maximum absolute atomic E-state index is 13.5. The van der Waals surface area contributed by atoms with Gasteiger partial charge in [0, 0.05) is 49.6 Å². The van der Waals surface area contributed by atoms with Crippen LogP contribution in [-0.4, -0.2) is 41.0 Å². The number of aromatic nitrogens is 1. The lowest BCUT2D eigenvalue weighted by Crippen LogP contribution is -2.43. The van der Waals surface area contributed by atoms with Gasteiger partial charge >= 0.3 is 5.97 Å². The molecule has 1 aliphatic heterocycles. The number of carbonyl (C=O) groups excluding carboxylic acids is 2. The lowest BCUT2D eigenvalue weighted by molar-refractivity contribution is -0.151.